The van der Waals surface area contributed by atoms with Gasteiger partial charge < -0.3 is 9.84 Å². The molecular weight excluding hydrogens is 342 g/mol. The van der Waals surface area contributed by atoms with Crippen LogP contribution in [0.1, 0.15) is 30.0 Å². The smallest absolute Gasteiger partial charge is 0.249 e. The van der Waals surface area contributed by atoms with Crippen LogP contribution in [0.5, 0.6) is 0 Å². The summed E-state index contributed by atoms with van der Waals surface area (Å²) in [5, 5.41) is 6.91. The highest BCUT2D eigenvalue weighted by Gasteiger charge is 2.18. The predicted octanol–water partition coefficient (Wildman–Crippen LogP) is 2.75. The largest absolute Gasteiger partial charge is 0.343 e. The van der Waals surface area contributed by atoms with Gasteiger partial charge in [-0.3, -0.25) is 14.7 Å². The molecular formula is C20H23N5O2. The summed E-state index contributed by atoms with van der Waals surface area (Å²) in [6.07, 6.45) is 3.52. The van der Waals surface area contributed by atoms with Crippen molar-refractivity contribution in [3.63, 3.8) is 0 Å². The summed E-state index contributed by atoms with van der Waals surface area (Å²) in [5.74, 6) is 0.794. The summed E-state index contributed by atoms with van der Waals surface area (Å²) in [4.78, 5) is 22.7. The van der Waals surface area contributed by atoms with Gasteiger partial charge in [0.25, 0.3) is 0 Å². The van der Waals surface area contributed by atoms with Crippen molar-refractivity contribution in [2.24, 2.45) is 0 Å². The Labute approximate surface area is 158 Å². The first kappa shape index (κ1) is 18.7. The molecule has 1 amide bonds. The number of hydrogen-bond acceptors (Lipinski definition) is 6. The third-order valence-electron chi connectivity index (χ3n) is 4.05. The molecule has 3 rings (SSSR count). The number of aryl methyl sites for hydroxylation is 1. The van der Waals surface area contributed by atoms with Crippen molar-refractivity contribution in [3.8, 4) is 11.4 Å². The first-order valence-electron chi connectivity index (χ1n) is 8.78. The van der Waals surface area contributed by atoms with E-state index >= 15 is 0 Å². The van der Waals surface area contributed by atoms with E-state index in [1.807, 2.05) is 62.2 Å². The number of likely N-dealkylation sites (N-methyl/N-ethyl adjacent to an activating group) is 1. The van der Waals surface area contributed by atoms with Gasteiger partial charge in [0.2, 0.25) is 17.6 Å². The zero-order valence-corrected chi connectivity index (χ0v) is 15.7. The third kappa shape index (κ3) is 5.21. The number of carbonyl (C=O) groups excluding carboxylic acids is 1. The highest BCUT2D eigenvalue weighted by molar-refractivity contribution is 5.78. The minimum atomic E-state index is -0.365. The summed E-state index contributed by atoms with van der Waals surface area (Å²) < 4.78 is 5.32. The van der Waals surface area contributed by atoms with Gasteiger partial charge in [0, 0.05) is 24.5 Å². The van der Waals surface area contributed by atoms with Gasteiger partial charge in [0.1, 0.15) is 6.04 Å². The molecule has 0 fully saturated rings. The van der Waals surface area contributed by atoms with Gasteiger partial charge in [-0.25, -0.2) is 0 Å². The molecule has 1 atom stereocenters. The highest BCUT2D eigenvalue weighted by Crippen LogP contribution is 2.19. The van der Waals surface area contributed by atoms with Crippen molar-refractivity contribution >= 4 is 5.91 Å². The van der Waals surface area contributed by atoms with Crippen LogP contribution in [-0.4, -0.2) is 39.5 Å². The Hall–Kier alpha value is -3.06. The molecule has 0 unspecified atom stereocenters. The molecule has 0 aliphatic heterocycles. The SMILES string of the molecule is Cc1cccc(-c2noc([C@H](C)NC(=O)CN(C)Cc3cccnc3)n2)c1. The van der Waals surface area contributed by atoms with Crippen molar-refractivity contribution in [2.75, 3.05) is 13.6 Å². The Balaban J connectivity index is 1.55. The van der Waals surface area contributed by atoms with Crippen molar-refractivity contribution in [2.45, 2.75) is 26.4 Å². The van der Waals surface area contributed by atoms with E-state index in [2.05, 4.69) is 20.4 Å². The first-order valence-corrected chi connectivity index (χ1v) is 8.78. The van der Waals surface area contributed by atoms with Crippen LogP contribution in [0, 0.1) is 6.92 Å². The maximum absolute atomic E-state index is 12.3. The van der Waals surface area contributed by atoms with Crippen LogP contribution in [0.25, 0.3) is 11.4 Å². The first-order chi connectivity index (χ1) is 13.0. The molecule has 0 bridgehead atoms. The molecule has 1 aromatic carbocycles. The molecule has 0 aliphatic rings. The van der Waals surface area contributed by atoms with Crippen molar-refractivity contribution in [3.05, 3.63) is 65.8 Å². The van der Waals surface area contributed by atoms with Gasteiger partial charge in [-0.05, 0) is 38.6 Å². The molecule has 0 saturated heterocycles. The van der Waals surface area contributed by atoms with Gasteiger partial charge in [-0.15, -0.1) is 0 Å². The molecule has 0 spiro atoms. The van der Waals surface area contributed by atoms with E-state index in [0.29, 0.717) is 18.3 Å². The second kappa shape index (κ2) is 8.55. The van der Waals surface area contributed by atoms with Gasteiger partial charge in [0.05, 0.1) is 6.54 Å². The van der Waals surface area contributed by atoms with Gasteiger partial charge in [-0.1, -0.05) is 35.0 Å². The average Bonchev–Trinajstić information content (AvgIpc) is 3.12. The third-order valence-corrected chi connectivity index (χ3v) is 4.05. The van der Waals surface area contributed by atoms with E-state index < -0.39 is 0 Å². The Bertz CT molecular complexity index is 894. The molecule has 7 heteroatoms. The summed E-state index contributed by atoms with van der Waals surface area (Å²) in [6, 6.07) is 11.4. The molecule has 2 heterocycles. The molecule has 0 saturated carbocycles. The zero-order valence-electron chi connectivity index (χ0n) is 15.7. The van der Waals surface area contributed by atoms with Crippen LogP contribution in [-0.2, 0) is 11.3 Å². The minimum absolute atomic E-state index is 0.107. The average molecular weight is 365 g/mol. The number of carbonyl (C=O) groups is 1. The Kier molecular flexibility index (Phi) is 5.93. The number of nitrogens with zero attached hydrogens (tertiary/aromatic N) is 4. The fraction of sp³-hybridized carbons (Fsp3) is 0.300. The highest BCUT2D eigenvalue weighted by atomic mass is 16.5. The summed E-state index contributed by atoms with van der Waals surface area (Å²) in [6.45, 7) is 4.74. The normalized spacial score (nSPS) is 12.1. The lowest BCUT2D eigenvalue weighted by Gasteiger charge is -2.17. The Morgan fingerprint density at radius 1 is 1.30 bits per heavy atom. The van der Waals surface area contributed by atoms with E-state index in [1.54, 1.807) is 12.4 Å². The molecule has 7 nitrogen and oxygen atoms in total. The second-order valence-electron chi connectivity index (χ2n) is 6.65. The van der Waals surface area contributed by atoms with E-state index in [-0.39, 0.29) is 18.5 Å². The van der Waals surface area contributed by atoms with Crippen molar-refractivity contribution in [1.29, 1.82) is 0 Å². The monoisotopic (exact) mass is 365 g/mol. The molecule has 1 N–H and O–H groups in total. The van der Waals surface area contributed by atoms with Crippen LogP contribution in [0.15, 0.2) is 53.3 Å². The van der Waals surface area contributed by atoms with E-state index in [4.69, 9.17) is 4.52 Å². The zero-order chi connectivity index (χ0) is 19.2. The minimum Gasteiger partial charge on any atom is -0.343 e. The van der Waals surface area contributed by atoms with Gasteiger partial charge >= 0.3 is 0 Å². The van der Waals surface area contributed by atoms with E-state index in [9.17, 15) is 4.79 Å². The van der Waals surface area contributed by atoms with Crippen LogP contribution in [0.3, 0.4) is 0 Å². The molecule has 3 aromatic rings. The number of benzene rings is 1. The number of rotatable bonds is 7. The van der Waals surface area contributed by atoms with Crippen LogP contribution in [0.2, 0.25) is 0 Å². The lowest BCUT2D eigenvalue weighted by atomic mass is 10.1. The van der Waals surface area contributed by atoms with Crippen molar-refractivity contribution in [1.82, 2.24) is 25.3 Å². The molecule has 0 radical (unpaired) electrons. The van der Waals surface area contributed by atoms with Crippen LogP contribution in [0.4, 0.5) is 0 Å². The van der Waals surface area contributed by atoms with Gasteiger partial charge in [-0.2, -0.15) is 4.98 Å². The number of pyridine rings is 1. The predicted molar refractivity (Wildman–Crippen MR) is 102 cm³/mol. The van der Waals surface area contributed by atoms with Crippen LogP contribution >= 0.6 is 0 Å². The number of hydrogen-bond donors (Lipinski definition) is 1. The molecule has 2 aromatic heterocycles. The quantitative estimate of drug-likeness (QED) is 0.693. The second-order valence-corrected chi connectivity index (χ2v) is 6.65. The standard InChI is InChI=1S/C20H23N5O2/c1-14-6-4-8-17(10-14)19-23-20(27-24-19)15(2)22-18(26)13-25(3)12-16-7-5-9-21-11-16/h4-11,15H,12-13H2,1-3H3,(H,22,26)/t15-/m0/s1. The van der Waals surface area contributed by atoms with Crippen LogP contribution < -0.4 is 5.32 Å². The fourth-order valence-corrected chi connectivity index (χ4v) is 2.77. The maximum atomic E-state index is 12.3. The maximum Gasteiger partial charge on any atom is 0.249 e. The van der Waals surface area contributed by atoms with Gasteiger partial charge in [0.15, 0.2) is 0 Å². The van der Waals surface area contributed by atoms with E-state index in [0.717, 1.165) is 16.7 Å². The molecule has 27 heavy (non-hydrogen) atoms. The van der Waals surface area contributed by atoms with E-state index in [1.165, 1.54) is 0 Å². The lowest BCUT2D eigenvalue weighted by molar-refractivity contribution is -0.122. The Morgan fingerprint density at radius 2 is 2.15 bits per heavy atom. The lowest BCUT2D eigenvalue weighted by Crippen LogP contribution is -2.36. The fourth-order valence-electron chi connectivity index (χ4n) is 2.77. The molecule has 0 aliphatic carbocycles. The number of amides is 1. The number of aromatic nitrogens is 3. The summed E-state index contributed by atoms with van der Waals surface area (Å²) in [7, 11) is 1.89. The number of nitrogens with one attached hydrogen (secondary N) is 1. The topological polar surface area (TPSA) is 84.2 Å². The summed E-state index contributed by atoms with van der Waals surface area (Å²) >= 11 is 0. The van der Waals surface area contributed by atoms with Crippen molar-refractivity contribution < 1.29 is 9.32 Å². The summed E-state index contributed by atoms with van der Waals surface area (Å²) in [5.41, 5.74) is 3.07. The molecule has 140 valence electrons. The Morgan fingerprint density at radius 3 is 2.89 bits per heavy atom.